The molecule has 0 atom stereocenters. The fourth-order valence-electron chi connectivity index (χ4n) is 3.44. The monoisotopic (exact) mass is 533 g/mol. The van der Waals surface area contributed by atoms with Crippen LogP contribution in [-0.4, -0.2) is 39.7 Å². The Morgan fingerprint density at radius 3 is 2.22 bits per heavy atom. The van der Waals surface area contributed by atoms with E-state index in [2.05, 4.69) is 5.32 Å². The SMILES string of the molecule is COc1cc(C(=O)Nc2cc([N+](=O)[O-])ccc2C)c(N(Cc2ccc(Cl)cc2)S(C)(=O)=O)cc1OC. The largest absolute Gasteiger partial charge is 0.493 e. The maximum Gasteiger partial charge on any atom is 0.271 e. The number of aryl methyl sites for hydroxylation is 1. The number of non-ortho nitro benzene ring substituents is 1. The molecule has 0 spiro atoms. The van der Waals surface area contributed by atoms with Crippen molar-refractivity contribution in [2.75, 3.05) is 30.1 Å². The van der Waals surface area contributed by atoms with Gasteiger partial charge in [0.2, 0.25) is 10.0 Å². The van der Waals surface area contributed by atoms with Gasteiger partial charge in [0.15, 0.2) is 11.5 Å². The van der Waals surface area contributed by atoms with Crippen molar-refractivity contribution in [2.24, 2.45) is 0 Å². The molecule has 3 aromatic rings. The van der Waals surface area contributed by atoms with Gasteiger partial charge in [-0.25, -0.2) is 8.42 Å². The van der Waals surface area contributed by atoms with Crippen LogP contribution >= 0.6 is 11.6 Å². The first-order valence-electron chi connectivity index (χ1n) is 10.5. The summed E-state index contributed by atoms with van der Waals surface area (Å²) in [7, 11) is -1.12. The lowest BCUT2D eigenvalue weighted by Crippen LogP contribution is -2.31. The molecule has 10 nitrogen and oxygen atoms in total. The van der Waals surface area contributed by atoms with Crippen molar-refractivity contribution in [3.63, 3.8) is 0 Å². The molecule has 0 aliphatic heterocycles. The summed E-state index contributed by atoms with van der Waals surface area (Å²) in [5.74, 6) is -0.290. The van der Waals surface area contributed by atoms with E-state index in [0.717, 1.165) is 10.6 Å². The first-order chi connectivity index (χ1) is 16.9. The molecule has 0 bridgehead atoms. The molecule has 3 aromatic carbocycles. The molecule has 36 heavy (non-hydrogen) atoms. The smallest absolute Gasteiger partial charge is 0.271 e. The summed E-state index contributed by atoms with van der Waals surface area (Å²) < 4.78 is 37.5. The minimum absolute atomic E-state index is 0.0330. The maximum atomic E-state index is 13.4. The highest BCUT2D eigenvalue weighted by Crippen LogP contribution is 2.37. The van der Waals surface area contributed by atoms with Crippen LogP contribution in [0.15, 0.2) is 54.6 Å². The summed E-state index contributed by atoms with van der Waals surface area (Å²) >= 11 is 5.96. The van der Waals surface area contributed by atoms with E-state index >= 15 is 0 Å². The topological polar surface area (TPSA) is 128 Å². The van der Waals surface area contributed by atoms with E-state index in [0.29, 0.717) is 16.1 Å². The molecule has 12 heteroatoms. The third kappa shape index (κ3) is 6.04. The standard InChI is InChI=1S/C24H24ClN3O7S/c1-15-5-10-18(28(30)31)11-20(15)26-24(29)19-12-22(34-2)23(35-3)13-21(19)27(36(4,32)33)14-16-6-8-17(25)9-7-16/h5-13H,14H2,1-4H3,(H,26,29). The average molecular weight is 534 g/mol. The molecule has 0 aromatic heterocycles. The second-order valence-corrected chi connectivity index (χ2v) is 10.2. The highest BCUT2D eigenvalue weighted by atomic mass is 35.5. The van der Waals surface area contributed by atoms with Gasteiger partial charge in [-0.2, -0.15) is 0 Å². The normalized spacial score (nSPS) is 11.0. The third-order valence-electron chi connectivity index (χ3n) is 5.34. The summed E-state index contributed by atoms with van der Waals surface area (Å²) in [6.07, 6.45) is 1.02. The maximum absolute atomic E-state index is 13.4. The van der Waals surface area contributed by atoms with Crippen molar-refractivity contribution in [3.8, 4) is 11.5 Å². The fraction of sp³-hybridized carbons (Fsp3) is 0.208. The first-order valence-corrected chi connectivity index (χ1v) is 12.7. The molecular weight excluding hydrogens is 510 g/mol. The number of carbonyl (C=O) groups excluding carboxylic acids is 1. The lowest BCUT2D eigenvalue weighted by atomic mass is 10.1. The van der Waals surface area contributed by atoms with E-state index in [4.69, 9.17) is 21.1 Å². The number of hydrogen-bond donors (Lipinski definition) is 1. The zero-order valence-corrected chi connectivity index (χ0v) is 21.5. The van der Waals surface area contributed by atoms with E-state index in [9.17, 15) is 23.3 Å². The highest BCUT2D eigenvalue weighted by molar-refractivity contribution is 7.92. The number of nitro groups is 1. The minimum atomic E-state index is -3.89. The van der Waals surface area contributed by atoms with Gasteiger partial charge in [0.25, 0.3) is 11.6 Å². The van der Waals surface area contributed by atoms with Crippen LogP contribution in [0.5, 0.6) is 11.5 Å². The molecule has 0 fully saturated rings. The number of methoxy groups -OCH3 is 2. The number of nitro benzene ring substituents is 1. The summed E-state index contributed by atoms with van der Waals surface area (Å²) in [6.45, 7) is 1.58. The Morgan fingerprint density at radius 1 is 1.06 bits per heavy atom. The van der Waals surface area contributed by atoms with E-state index in [1.807, 2.05) is 0 Å². The molecule has 3 rings (SSSR count). The number of ether oxygens (including phenoxy) is 2. The molecule has 1 N–H and O–H groups in total. The van der Waals surface area contributed by atoms with Gasteiger partial charge in [-0.15, -0.1) is 0 Å². The Balaban J connectivity index is 2.15. The van der Waals surface area contributed by atoms with Gasteiger partial charge in [-0.3, -0.25) is 19.2 Å². The van der Waals surface area contributed by atoms with Crippen molar-refractivity contribution in [1.29, 1.82) is 0 Å². The molecule has 0 saturated heterocycles. The number of sulfonamides is 1. The molecule has 190 valence electrons. The van der Waals surface area contributed by atoms with E-state index in [1.54, 1.807) is 31.2 Å². The van der Waals surface area contributed by atoms with Crippen LogP contribution in [0.1, 0.15) is 21.5 Å². The van der Waals surface area contributed by atoms with Gasteiger partial charge in [-0.1, -0.05) is 29.8 Å². The summed E-state index contributed by atoms with van der Waals surface area (Å²) in [6, 6.07) is 13.4. The zero-order valence-electron chi connectivity index (χ0n) is 19.9. The van der Waals surface area contributed by atoms with Crippen molar-refractivity contribution < 1.29 is 27.6 Å². The Hall–Kier alpha value is -3.83. The molecule has 0 radical (unpaired) electrons. The van der Waals surface area contributed by atoms with Crippen molar-refractivity contribution >= 4 is 44.6 Å². The second-order valence-electron chi connectivity index (χ2n) is 7.83. The minimum Gasteiger partial charge on any atom is -0.493 e. The molecule has 0 unspecified atom stereocenters. The van der Waals surface area contributed by atoms with Gasteiger partial charge in [-0.05, 0) is 36.2 Å². The van der Waals surface area contributed by atoms with Gasteiger partial charge in [0, 0.05) is 23.2 Å². The highest BCUT2D eigenvalue weighted by Gasteiger charge is 2.27. The van der Waals surface area contributed by atoms with Crippen molar-refractivity contribution in [3.05, 3.63) is 86.4 Å². The van der Waals surface area contributed by atoms with Gasteiger partial charge in [0.05, 0.1) is 48.9 Å². The number of hydrogen-bond acceptors (Lipinski definition) is 7. The van der Waals surface area contributed by atoms with Crippen LogP contribution in [0.25, 0.3) is 0 Å². The number of halogens is 1. The summed E-state index contributed by atoms with van der Waals surface area (Å²) in [5, 5.41) is 14.3. The van der Waals surface area contributed by atoms with E-state index in [1.165, 1.54) is 44.6 Å². The predicted octanol–water partition coefficient (Wildman–Crippen LogP) is 4.79. The van der Waals surface area contributed by atoms with Crippen LogP contribution in [-0.2, 0) is 16.6 Å². The first kappa shape index (κ1) is 26.8. The van der Waals surface area contributed by atoms with Crippen LogP contribution in [0.4, 0.5) is 17.1 Å². The molecule has 0 saturated carbocycles. The molecule has 0 heterocycles. The third-order valence-corrected chi connectivity index (χ3v) is 6.71. The second kappa shape index (κ2) is 10.8. The average Bonchev–Trinajstić information content (AvgIpc) is 2.83. The Kier molecular flexibility index (Phi) is 8.06. The number of anilines is 2. The predicted molar refractivity (Wildman–Crippen MR) is 138 cm³/mol. The number of nitrogens with one attached hydrogen (secondary N) is 1. The number of benzene rings is 3. The number of rotatable bonds is 9. The summed E-state index contributed by atoms with van der Waals surface area (Å²) in [5.41, 5.74) is 1.20. The van der Waals surface area contributed by atoms with Gasteiger partial charge < -0.3 is 14.8 Å². The van der Waals surface area contributed by atoms with E-state index < -0.39 is 20.9 Å². The van der Waals surface area contributed by atoms with Crippen molar-refractivity contribution in [2.45, 2.75) is 13.5 Å². The van der Waals surface area contributed by atoms with Gasteiger partial charge >= 0.3 is 0 Å². The Labute approximate surface area is 213 Å². The number of nitrogens with zero attached hydrogens (tertiary/aromatic N) is 2. The number of carbonyl (C=O) groups is 1. The lowest BCUT2D eigenvalue weighted by molar-refractivity contribution is -0.384. The van der Waals surface area contributed by atoms with E-state index in [-0.39, 0.29) is 40.7 Å². The van der Waals surface area contributed by atoms with Gasteiger partial charge in [0.1, 0.15) is 0 Å². The fourth-order valence-corrected chi connectivity index (χ4v) is 4.46. The van der Waals surface area contributed by atoms with Crippen LogP contribution in [0.3, 0.4) is 0 Å². The Morgan fingerprint density at radius 2 is 1.67 bits per heavy atom. The molecular formula is C24H24ClN3O7S. The molecule has 1 amide bonds. The number of amides is 1. The van der Waals surface area contributed by atoms with Crippen LogP contribution < -0.4 is 19.1 Å². The molecule has 0 aliphatic rings. The van der Waals surface area contributed by atoms with Crippen molar-refractivity contribution in [1.82, 2.24) is 0 Å². The quantitative estimate of drug-likeness (QED) is 0.309. The van der Waals surface area contributed by atoms with Crippen LogP contribution in [0.2, 0.25) is 5.02 Å². The Bertz CT molecular complexity index is 1410. The summed E-state index contributed by atoms with van der Waals surface area (Å²) in [4.78, 5) is 24.1. The molecule has 0 aliphatic carbocycles. The zero-order chi connectivity index (χ0) is 26.6. The lowest BCUT2D eigenvalue weighted by Gasteiger charge is -2.26. The van der Waals surface area contributed by atoms with Crippen LogP contribution in [0, 0.1) is 17.0 Å².